The van der Waals surface area contributed by atoms with Gasteiger partial charge in [-0.2, -0.15) is 0 Å². The van der Waals surface area contributed by atoms with Gasteiger partial charge in [0.2, 0.25) is 5.91 Å². The van der Waals surface area contributed by atoms with Gasteiger partial charge in [0.1, 0.15) is 0 Å². The van der Waals surface area contributed by atoms with E-state index in [0.717, 1.165) is 0 Å². The molecular formula is C11H13ClN2O3. The molecule has 0 heterocycles. The lowest BCUT2D eigenvalue weighted by Gasteiger charge is -2.06. The molecule has 0 spiro atoms. The van der Waals surface area contributed by atoms with Crippen molar-refractivity contribution in [2.24, 2.45) is 0 Å². The minimum absolute atomic E-state index is 0.000530. The molecule has 17 heavy (non-hydrogen) atoms. The Morgan fingerprint density at radius 3 is 2.76 bits per heavy atom. The van der Waals surface area contributed by atoms with E-state index in [1.165, 1.54) is 7.11 Å². The fourth-order valence-corrected chi connectivity index (χ4v) is 1.31. The molecule has 0 saturated carbocycles. The van der Waals surface area contributed by atoms with Crippen molar-refractivity contribution in [3.8, 4) is 0 Å². The molecule has 0 unspecified atom stereocenters. The second-order valence-corrected chi connectivity index (χ2v) is 3.67. The van der Waals surface area contributed by atoms with Crippen molar-refractivity contribution in [2.75, 3.05) is 25.5 Å². The van der Waals surface area contributed by atoms with Crippen molar-refractivity contribution >= 4 is 29.2 Å². The van der Waals surface area contributed by atoms with Gasteiger partial charge in [0.05, 0.1) is 20.2 Å². The SMILES string of the molecule is COC(=O)CNCC(=O)Nc1cccc(Cl)c1. The maximum Gasteiger partial charge on any atom is 0.319 e. The van der Waals surface area contributed by atoms with E-state index in [-0.39, 0.29) is 19.0 Å². The van der Waals surface area contributed by atoms with E-state index >= 15 is 0 Å². The van der Waals surface area contributed by atoms with Gasteiger partial charge in [0.25, 0.3) is 0 Å². The number of rotatable bonds is 5. The summed E-state index contributed by atoms with van der Waals surface area (Å²) in [6, 6.07) is 6.82. The van der Waals surface area contributed by atoms with Crippen LogP contribution < -0.4 is 10.6 Å². The van der Waals surface area contributed by atoms with E-state index < -0.39 is 5.97 Å². The number of ether oxygens (including phenoxy) is 1. The summed E-state index contributed by atoms with van der Waals surface area (Å²) in [4.78, 5) is 22.2. The molecular weight excluding hydrogens is 244 g/mol. The fraction of sp³-hybridized carbons (Fsp3) is 0.273. The van der Waals surface area contributed by atoms with Gasteiger partial charge in [0.15, 0.2) is 0 Å². The maximum absolute atomic E-state index is 11.4. The molecule has 0 atom stereocenters. The third-order valence-corrected chi connectivity index (χ3v) is 2.13. The third kappa shape index (κ3) is 5.33. The number of amides is 1. The van der Waals surface area contributed by atoms with Gasteiger partial charge < -0.3 is 10.1 Å². The Morgan fingerprint density at radius 1 is 1.35 bits per heavy atom. The highest BCUT2D eigenvalue weighted by Gasteiger charge is 2.04. The van der Waals surface area contributed by atoms with Gasteiger partial charge in [-0.05, 0) is 18.2 Å². The van der Waals surface area contributed by atoms with Crippen LogP contribution in [-0.4, -0.2) is 32.1 Å². The van der Waals surface area contributed by atoms with Crippen molar-refractivity contribution in [1.29, 1.82) is 0 Å². The molecule has 0 bridgehead atoms. The lowest BCUT2D eigenvalue weighted by molar-refractivity contribution is -0.139. The standard InChI is InChI=1S/C11H13ClN2O3/c1-17-11(16)7-13-6-10(15)14-9-4-2-3-8(12)5-9/h2-5,13H,6-7H2,1H3,(H,14,15). The molecule has 0 radical (unpaired) electrons. The first kappa shape index (κ1) is 13.5. The average molecular weight is 257 g/mol. The zero-order valence-corrected chi connectivity index (χ0v) is 10.1. The van der Waals surface area contributed by atoms with Gasteiger partial charge in [-0.15, -0.1) is 0 Å². The van der Waals surface area contributed by atoms with Crippen LogP contribution in [0.4, 0.5) is 5.69 Å². The number of halogens is 1. The number of esters is 1. The van der Waals surface area contributed by atoms with E-state index in [1.54, 1.807) is 24.3 Å². The molecule has 0 fully saturated rings. The largest absolute Gasteiger partial charge is 0.468 e. The number of carbonyl (C=O) groups is 2. The highest BCUT2D eigenvalue weighted by molar-refractivity contribution is 6.30. The summed E-state index contributed by atoms with van der Waals surface area (Å²) in [6.07, 6.45) is 0. The Bertz CT molecular complexity index is 409. The summed E-state index contributed by atoms with van der Waals surface area (Å²) in [5.74, 6) is -0.670. The predicted molar refractivity (Wildman–Crippen MR) is 65.0 cm³/mol. The molecule has 92 valence electrons. The van der Waals surface area contributed by atoms with Crippen molar-refractivity contribution in [3.05, 3.63) is 29.3 Å². The van der Waals surface area contributed by atoms with Crippen LogP contribution in [0.2, 0.25) is 5.02 Å². The summed E-state index contributed by atoms with van der Waals surface area (Å²) in [7, 11) is 1.29. The summed E-state index contributed by atoms with van der Waals surface area (Å²) in [5, 5.41) is 5.83. The molecule has 5 nitrogen and oxygen atoms in total. The van der Waals surface area contributed by atoms with Crippen molar-refractivity contribution in [1.82, 2.24) is 5.32 Å². The van der Waals surface area contributed by atoms with Crippen LogP contribution in [0.25, 0.3) is 0 Å². The quantitative estimate of drug-likeness (QED) is 0.773. The van der Waals surface area contributed by atoms with Crippen LogP contribution in [0.5, 0.6) is 0 Å². The van der Waals surface area contributed by atoms with Crippen LogP contribution in [0.3, 0.4) is 0 Å². The van der Waals surface area contributed by atoms with Crippen LogP contribution >= 0.6 is 11.6 Å². The van der Waals surface area contributed by atoms with Gasteiger partial charge in [-0.1, -0.05) is 17.7 Å². The molecule has 6 heteroatoms. The zero-order chi connectivity index (χ0) is 12.7. The van der Waals surface area contributed by atoms with E-state index in [2.05, 4.69) is 15.4 Å². The Balaban J connectivity index is 2.32. The molecule has 0 aliphatic heterocycles. The topological polar surface area (TPSA) is 67.4 Å². The second kappa shape index (κ2) is 6.88. The second-order valence-electron chi connectivity index (χ2n) is 3.24. The predicted octanol–water partition coefficient (Wildman–Crippen LogP) is 1.04. The summed E-state index contributed by atoms with van der Waals surface area (Å²) in [6.45, 7) is 0.0288. The third-order valence-electron chi connectivity index (χ3n) is 1.89. The lowest BCUT2D eigenvalue weighted by atomic mass is 10.3. The van der Waals surface area contributed by atoms with E-state index in [9.17, 15) is 9.59 Å². The van der Waals surface area contributed by atoms with Crippen LogP contribution in [0.15, 0.2) is 24.3 Å². The number of nitrogens with one attached hydrogen (secondary N) is 2. The molecule has 2 N–H and O–H groups in total. The molecule has 1 aromatic carbocycles. The zero-order valence-electron chi connectivity index (χ0n) is 9.33. The molecule has 0 aliphatic carbocycles. The van der Waals surface area contributed by atoms with Crippen LogP contribution in [0.1, 0.15) is 0 Å². The first-order valence-corrected chi connectivity index (χ1v) is 5.32. The molecule has 0 aromatic heterocycles. The minimum atomic E-state index is -0.416. The molecule has 1 amide bonds. The van der Waals surface area contributed by atoms with Crippen LogP contribution in [0, 0.1) is 0 Å². The Labute approximate surface area is 104 Å². The number of hydrogen-bond acceptors (Lipinski definition) is 4. The van der Waals surface area contributed by atoms with E-state index in [0.29, 0.717) is 10.7 Å². The Hall–Kier alpha value is -1.59. The molecule has 1 aromatic rings. The molecule has 0 saturated heterocycles. The van der Waals surface area contributed by atoms with Gasteiger partial charge in [-0.3, -0.25) is 14.9 Å². The average Bonchev–Trinajstić information content (AvgIpc) is 2.28. The first-order valence-electron chi connectivity index (χ1n) is 4.95. The highest BCUT2D eigenvalue weighted by atomic mass is 35.5. The number of hydrogen-bond donors (Lipinski definition) is 2. The summed E-state index contributed by atoms with van der Waals surface area (Å²) in [5.41, 5.74) is 0.613. The number of methoxy groups -OCH3 is 1. The summed E-state index contributed by atoms with van der Waals surface area (Å²) < 4.78 is 4.42. The Kier molecular flexibility index (Phi) is 5.45. The van der Waals surface area contributed by atoms with Gasteiger partial charge >= 0.3 is 5.97 Å². The van der Waals surface area contributed by atoms with E-state index in [4.69, 9.17) is 11.6 Å². The number of anilines is 1. The number of benzene rings is 1. The smallest absolute Gasteiger partial charge is 0.319 e. The minimum Gasteiger partial charge on any atom is -0.468 e. The highest BCUT2D eigenvalue weighted by Crippen LogP contribution is 2.14. The van der Waals surface area contributed by atoms with Crippen molar-refractivity contribution in [3.63, 3.8) is 0 Å². The normalized spacial score (nSPS) is 9.76. The van der Waals surface area contributed by atoms with Gasteiger partial charge in [-0.25, -0.2) is 0 Å². The van der Waals surface area contributed by atoms with Crippen molar-refractivity contribution < 1.29 is 14.3 Å². The molecule has 1 rings (SSSR count). The maximum atomic E-state index is 11.4. The van der Waals surface area contributed by atoms with Crippen LogP contribution in [-0.2, 0) is 14.3 Å². The number of carbonyl (C=O) groups excluding carboxylic acids is 2. The Morgan fingerprint density at radius 2 is 2.12 bits per heavy atom. The first-order chi connectivity index (χ1) is 8.11. The van der Waals surface area contributed by atoms with E-state index in [1.807, 2.05) is 0 Å². The fourth-order valence-electron chi connectivity index (χ4n) is 1.12. The van der Waals surface area contributed by atoms with Crippen molar-refractivity contribution in [2.45, 2.75) is 0 Å². The van der Waals surface area contributed by atoms with Gasteiger partial charge in [0, 0.05) is 10.7 Å². The summed E-state index contributed by atoms with van der Waals surface area (Å²) >= 11 is 5.76. The molecule has 0 aliphatic rings. The monoisotopic (exact) mass is 256 g/mol. The lowest BCUT2D eigenvalue weighted by Crippen LogP contribution is -2.32.